The number of fused-ring (bicyclic) bond motifs is 1. The molecule has 2 heterocycles. The van der Waals surface area contributed by atoms with Crippen LogP contribution in [0.15, 0.2) is 42.7 Å². The lowest BCUT2D eigenvalue weighted by Gasteiger charge is -2.07. The summed E-state index contributed by atoms with van der Waals surface area (Å²) in [5.41, 5.74) is 3.04. The summed E-state index contributed by atoms with van der Waals surface area (Å²) < 4.78 is 7.28. The van der Waals surface area contributed by atoms with E-state index in [1.165, 1.54) is 0 Å². The molecule has 0 radical (unpaired) electrons. The van der Waals surface area contributed by atoms with Crippen molar-refractivity contribution in [2.75, 3.05) is 7.11 Å². The van der Waals surface area contributed by atoms with E-state index >= 15 is 0 Å². The van der Waals surface area contributed by atoms with Crippen LogP contribution in [-0.2, 0) is 0 Å². The molecule has 0 spiro atoms. The Morgan fingerprint density at radius 1 is 1.11 bits per heavy atom. The van der Waals surface area contributed by atoms with Gasteiger partial charge in [-0.05, 0) is 37.3 Å². The van der Waals surface area contributed by atoms with E-state index in [0.29, 0.717) is 0 Å². The zero-order chi connectivity index (χ0) is 12.5. The fourth-order valence-electron chi connectivity index (χ4n) is 2.11. The molecule has 3 rings (SSSR count). The maximum atomic E-state index is 5.17. The highest BCUT2D eigenvalue weighted by Crippen LogP contribution is 2.22. The first-order valence-electron chi connectivity index (χ1n) is 5.73. The van der Waals surface area contributed by atoms with Gasteiger partial charge in [0.2, 0.25) is 0 Å². The van der Waals surface area contributed by atoms with Gasteiger partial charge in [0.05, 0.1) is 18.8 Å². The lowest BCUT2D eigenvalue weighted by molar-refractivity contribution is 0.415. The first-order chi connectivity index (χ1) is 8.79. The predicted molar refractivity (Wildman–Crippen MR) is 70.2 cm³/mol. The molecule has 1 aromatic carbocycles. The first-order valence-corrected chi connectivity index (χ1v) is 5.73. The summed E-state index contributed by atoms with van der Waals surface area (Å²) >= 11 is 0. The molecule has 0 fully saturated rings. The fourth-order valence-corrected chi connectivity index (χ4v) is 2.11. The van der Waals surface area contributed by atoms with Crippen LogP contribution in [0.25, 0.3) is 16.7 Å². The highest BCUT2D eigenvalue weighted by molar-refractivity contribution is 5.77. The van der Waals surface area contributed by atoms with E-state index < -0.39 is 0 Å². The van der Waals surface area contributed by atoms with Crippen LogP contribution in [0.2, 0.25) is 0 Å². The molecule has 0 saturated heterocycles. The van der Waals surface area contributed by atoms with Crippen molar-refractivity contribution in [1.29, 1.82) is 0 Å². The van der Waals surface area contributed by atoms with Gasteiger partial charge in [0, 0.05) is 11.9 Å². The van der Waals surface area contributed by atoms with E-state index in [2.05, 4.69) is 14.5 Å². The summed E-state index contributed by atoms with van der Waals surface area (Å²) in [7, 11) is 1.67. The number of benzene rings is 1. The molecule has 0 atom stereocenters. The van der Waals surface area contributed by atoms with E-state index in [9.17, 15) is 0 Å². The second kappa shape index (κ2) is 4.14. The summed E-state index contributed by atoms with van der Waals surface area (Å²) in [6.07, 6.45) is 3.56. The Bertz CT molecular complexity index is 686. The number of pyridine rings is 1. The van der Waals surface area contributed by atoms with Gasteiger partial charge < -0.3 is 4.74 Å². The molecule has 4 nitrogen and oxygen atoms in total. The van der Waals surface area contributed by atoms with Gasteiger partial charge in [0.15, 0.2) is 0 Å². The van der Waals surface area contributed by atoms with Gasteiger partial charge in [-0.25, -0.2) is 4.98 Å². The molecule has 0 amide bonds. The van der Waals surface area contributed by atoms with Gasteiger partial charge in [-0.3, -0.25) is 9.55 Å². The third-order valence-corrected chi connectivity index (χ3v) is 2.96. The second-order valence-electron chi connectivity index (χ2n) is 4.06. The van der Waals surface area contributed by atoms with Crippen molar-refractivity contribution in [2.24, 2.45) is 0 Å². The van der Waals surface area contributed by atoms with Crippen molar-refractivity contribution in [3.8, 4) is 11.4 Å². The average Bonchev–Trinajstić information content (AvgIpc) is 2.75. The Morgan fingerprint density at radius 2 is 1.89 bits per heavy atom. The van der Waals surface area contributed by atoms with Crippen molar-refractivity contribution in [2.45, 2.75) is 6.92 Å². The predicted octanol–water partition coefficient (Wildman–Crippen LogP) is 2.74. The molecule has 0 saturated carbocycles. The van der Waals surface area contributed by atoms with E-state index in [1.807, 2.05) is 37.3 Å². The number of methoxy groups -OCH3 is 1. The molecule has 18 heavy (non-hydrogen) atoms. The minimum Gasteiger partial charge on any atom is -0.497 e. The average molecular weight is 239 g/mol. The molecule has 4 heteroatoms. The van der Waals surface area contributed by atoms with Gasteiger partial charge in [-0.15, -0.1) is 0 Å². The van der Waals surface area contributed by atoms with Gasteiger partial charge in [-0.2, -0.15) is 0 Å². The van der Waals surface area contributed by atoms with Crippen LogP contribution >= 0.6 is 0 Å². The smallest absolute Gasteiger partial charge is 0.119 e. The number of aromatic nitrogens is 3. The van der Waals surface area contributed by atoms with Crippen LogP contribution in [0.3, 0.4) is 0 Å². The molecule has 0 unspecified atom stereocenters. The number of ether oxygens (including phenoxy) is 1. The largest absolute Gasteiger partial charge is 0.497 e. The van der Waals surface area contributed by atoms with Crippen molar-refractivity contribution in [3.63, 3.8) is 0 Å². The van der Waals surface area contributed by atoms with Gasteiger partial charge in [0.25, 0.3) is 0 Å². The minimum atomic E-state index is 0.850. The maximum absolute atomic E-state index is 5.17. The summed E-state index contributed by atoms with van der Waals surface area (Å²) in [6, 6.07) is 9.91. The zero-order valence-corrected chi connectivity index (χ0v) is 10.3. The number of rotatable bonds is 2. The highest BCUT2D eigenvalue weighted by Gasteiger charge is 2.08. The second-order valence-corrected chi connectivity index (χ2v) is 4.06. The Morgan fingerprint density at radius 3 is 2.61 bits per heavy atom. The van der Waals surface area contributed by atoms with Crippen LogP contribution in [0.1, 0.15) is 5.82 Å². The molecule has 2 aromatic heterocycles. The minimum absolute atomic E-state index is 0.850. The van der Waals surface area contributed by atoms with Crippen molar-refractivity contribution < 1.29 is 4.74 Å². The molecule has 90 valence electrons. The maximum Gasteiger partial charge on any atom is 0.119 e. The summed E-state index contributed by atoms with van der Waals surface area (Å²) in [4.78, 5) is 8.59. The van der Waals surface area contributed by atoms with Crippen LogP contribution in [0, 0.1) is 6.92 Å². The molecule has 0 aliphatic heterocycles. The van der Waals surface area contributed by atoms with Crippen LogP contribution in [-0.4, -0.2) is 21.6 Å². The van der Waals surface area contributed by atoms with E-state index in [4.69, 9.17) is 4.74 Å². The molecule has 0 aliphatic rings. The number of hydrogen-bond acceptors (Lipinski definition) is 3. The Labute approximate surface area is 105 Å². The molecular formula is C14H13N3O. The van der Waals surface area contributed by atoms with E-state index in [1.54, 1.807) is 19.5 Å². The third-order valence-electron chi connectivity index (χ3n) is 2.96. The standard InChI is InChI=1S/C14H13N3O/c1-10-16-13-9-15-8-7-14(13)17(10)11-3-5-12(18-2)6-4-11/h3-9H,1-2H3. The SMILES string of the molecule is COc1ccc(-n2c(C)nc3cnccc32)cc1. The first kappa shape index (κ1) is 10.8. The van der Waals surface area contributed by atoms with Crippen molar-refractivity contribution in [3.05, 3.63) is 48.5 Å². The number of imidazole rings is 1. The van der Waals surface area contributed by atoms with Crippen LogP contribution < -0.4 is 4.74 Å². The monoisotopic (exact) mass is 239 g/mol. The summed E-state index contributed by atoms with van der Waals surface area (Å²) in [6.45, 7) is 1.99. The zero-order valence-electron chi connectivity index (χ0n) is 10.3. The molecule has 0 N–H and O–H groups in total. The quantitative estimate of drug-likeness (QED) is 0.690. The number of aryl methyl sites for hydroxylation is 1. The van der Waals surface area contributed by atoms with E-state index in [-0.39, 0.29) is 0 Å². The topological polar surface area (TPSA) is 39.9 Å². The molecule has 0 bridgehead atoms. The number of hydrogen-bond donors (Lipinski definition) is 0. The molecular weight excluding hydrogens is 226 g/mol. The number of nitrogens with zero attached hydrogens (tertiary/aromatic N) is 3. The highest BCUT2D eigenvalue weighted by atomic mass is 16.5. The van der Waals surface area contributed by atoms with Gasteiger partial charge >= 0.3 is 0 Å². The molecule has 0 aliphatic carbocycles. The summed E-state index contributed by atoms with van der Waals surface area (Å²) in [5.74, 6) is 1.80. The lowest BCUT2D eigenvalue weighted by atomic mass is 10.3. The van der Waals surface area contributed by atoms with E-state index in [0.717, 1.165) is 28.3 Å². The van der Waals surface area contributed by atoms with Crippen LogP contribution in [0.4, 0.5) is 0 Å². The van der Waals surface area contributed by atoms with Crippen molar-refractivity contribution >= 4 is 11.0 Å². The van der Waals surface area contributed by atoms with Gasteiger partial charge in [0.1, 0.15) is 17.1 Å². The Hall–Kier alpha value is -2.36. The Balaban J connectivity index is 2.20. The third kappa shape index (κ3) is 1.62. The van der Waals surface area contributed by atoms with Crippen LogP contribution in [0.5, 0.6) is 5.75 Å². The fraction of sp³-hybridized carbons (Fsp3) is 0.143. The van der Waals surface area contributed by atoms with Gasteiger partial charge in [-0.1, -0.05) is 0 Å². The summed E-state index contributed by atoms with van der Waals surface area (Å²) in [5, 5.41) is 0. The normalized spacial score (nSPS) is 10.8. The van der Waals surface area contributed by atoms with Crippen molar-refractivity contribution in [1.82, 2.24) is 14.5 Å². The molecule has 3 aromatic rings. The Kier molecular flexibility index (Phi) is 2.48. The lowest BCUT2D eigenvalue weighted by Crippen LogP contribution is -1.96.